The van der Waals surface area contributed by atoms with Gasteiger partial charge in [0.05, 0.1) is 11.8 Å². The number of rotatable bonds is 2. The van der Waals surface area contributed by atoms with Crippen molar-refractivity contribution in [1.82, 2.24) is 19.9 Å². The first kappa shape index (κ1) is 16.1. The van der Waals surface area contributed by atoms with Crippen molar-refractivity contribution in [2.24, 2.45) is 0 Å². The highest BCUT2D eigenvalue weighted by molar-refractivity contribution is 5.94. The van der Waals surface area contributed by atoms with E-state index < -0.39 is 5.82 Å². The fraction of sp³-hybridized carbons (Fsp3) is 0.375. The number of amides is 1. The number of aryl methyl sites for hydroxylation is 1. The van der Waals surface area contributed by atoms with Gasteiger partial charge in [-0.15, -0.1) is 0 Å². The zero-order valence-corrected chi connectivity index (χ0v) is 13.4. The van der Waals surface area contributed by atoms with E-state index in [2.05, 4.69) is 19.9 Å². The second-order valence-electron chi connectivity index (χ2n) is 5.75. The molecule has 3 heterocycles. The molecule has 2 N–H and O–H groups in total. The molecule has 24 heavy (non-hydrogen) atoms. The first-order chi connectivity index (χ1) is 11.5. The van der Waals surface area contributed by atoms with Crippen LogP contribution in [0.25, 0.3) is 0 Å². The Kier molecular flexibility index (Phi) is 4.54. The molecule has 0 radical (unpaired) electrons. The van der Waals surface area contributed by atoms with Crippen LogP contribution in [0.1, 0.15) is 22.5 Å². The lowest BCUT2D eigenvalue weighted by Crippen LogP contribution is -2.35. The summed E-state index contributed by atoms with van der Waals surface area (Å²) < 4.78 is 13.3. The van der Waals surface area contributed by atoms with E-state index in [1.165, 1.54) is 12.3 Å². The monoisotopic (exact) mass is 330 g/mol. The molecule has 1 aliphatic heterocycles. The van der Waals surface area contributed by atoms with Crippen molar-refractivity contribution in [3.05, 3.63) is 41.6 Å². The molecule has 0 atom stereocenters. The molecule has 3 rings (SSSR count). The fourth-order valence-corrected chi connectivity index (χ4v) is 2.80. The normalized spacial score (nSPS) is 15.2. The zero-order chi connectivity index (χ0) is 17.1. The fourth-order valence-electron chi connectivity index (χ4n) is 2.80. The van der Waals surface area contributed by atoms with E-state index in [-0.39, 0.29) is 17.4 Å². The highest BCUT2D eigenvalue weighted by Gasteiger charge is 2.21. The van der Waals surface area contributed by atoms with Crippen LogP contribution in [0, 0.1) is 12.7 Å². The minimum atomic E-state index is -0.510. The summed E-state index contributed by atoms with van der Waals surface area (Å²) in [5.74, 6) is 0.293. The van der Waals surface area contributed by atoms with E-state index in [4.69, 9.17) is 5.73 Å². The quantitative estimate of drug-likeness (QED) is 0.892. The van der Waals surface area contributed by atoms with Crippen molar-refractivity contribution in [3.8, 4) is 0 Å². The summed E-state index contributed by atoms with van der Waals surface area (Å²) in [6, 6.07) is 3.09. The Hall–Kier alpha value is -2.77. The summed E-state index contributed by atoms with van der Waals surface area (Å²) in [7, 11) is 0. The molecule has 0 bridgehead atoms. The molecule has 2 aromatic heterocycles. The summed E-state index contributed by atoms with van der Waals surface area (Å²) in [6.07, 6.45) is 3.27. The molecule has 1 fully saturated rings. The van der Waals surface area contributed by atoms with Gasteiger partial charge in [0.25, 0.3) is 5.91 Å². The lowest BCUT2D eigenvalue weighted by atomic mass is 10.2. The predicted molar refractivity (Wildman–Crippen MR) is 88.1 cm³/mol. The van der Waals surface area contributed by atoms with Gasteiger partial charge in [0.2, 0.25) is 5.95 Å². The van der Waals surface area contributed by atoms with Crippen molar-refractivity contribution in [2.75, 3.05) is 36.8 Å². The molecule has 0 unspecified atom stereocenters. The Labute approximate surface area is 139 Å². The van der Waals surface area contributed by atoms with Crippen LogP contribution >= 0.6 is 0 Å². The number of halogens is 1. The average Bonchev–Trinajstić information content (AvgIpc) is 2.79. The molecule has 1 saturated heterocycles. The zero-order valence-electron chi connectivity index (χ0n) is 13.4. The average molecular weight is 330 g/mol. The van der Waals surface area contributed by atoms with Gasteiger partial charge in [-0.1, -0.05) is 0 Å². The maximum absolute atomic E-state index is 13.3. The van der Waals surface area contributed by atoms with Gasteiger partial charge < -0.3 is 15.5 Å². The van der Waals surface area contributed by atoms with Crippen molar-refractivity contribution in [3.63, 3.8) is 0 Å². The van der Waals surface area contributed by atoms with Gasteiger partial charge in [0.1, 0.15) is 11.6 Å². The second kappa shape index (κ2) is 6.77. The van der Waals surface area contributed by atoms with E-state index in [1.807, 2.05) is 13.0 Å². The number of hydrogen-bond acceptors (Lipinski definition) is 6. The molecule has 0 saturated carbocycles. The van der Waals surface area contributed by atoms with Crippen LogP contribution in [0.4, 0.5) is 16.2 Å². The summed E-state index contributed by atoms with van der Waals surface area (Å²) in [6.45, 7) is 4.39. The predicted octanol–water partition coefficient (Wildman–Crippen LogP) is 1.25. The van der Waals surface area contributed by atoms with E-state index in [9.17, 15) is 9.18 Å². The molecule has 126 valence electrons. The van der Waals surface area contributed by atoms with E-state index >= 15 is 0 Å². The van der Waals surface area contributed by atoms with Gasteiger partial charge in [0, 0.05) is 44.1 Å². The Balaban J connectivity index is 1.72. The van der Waals surface area contributed by atoms with Gasteiger partial charge in [-0.3, -0.25) is 9.78 Å². The molecule has 7 nitrogen and oxygen atoms in total. The van der Waals surface area contributed by atoms with Gasteiger partial charge in [-0.2, -0.15) is 4.98 Å². The van der Waals surface area contributed by atoms with Crippen LogP contribution in [0.3, 0.4) is 0 Å². The standard InChI is InChI=1S/C16H19FN6O/c1-11-7-14(21-16(18)20-11)22-3-2-4-23(6-5-22)15(24)12-8-13(17)10-19-9-12/h7-10H,2-6H2,1H3,(H2,18,20,21). The third-order valence-corrected chi connectivity index (χ3v) is 3.92. The Morgan fingerprint density at radius 1 is 1.17 bits per heavy atom. The number of nitrogens with zero attached hydrogens (tertiary/aromatic N) is 5. The summed E-state index contributed by atoms with van der Waals surface area (Å²) in [5, 5.41) is 0. The van der Waals surface area contributed by atoms with E-state index in [0.717, 1.165) is 30.7 Å². The number of carbonyl (C=O) groups is 1. The molecular formula is C16H19FN6O. The van der Waals surface area contributed by atoms with Crippen LogP contribution in [0.15, 0.2) is 24.5 Å². The Morgan fingerprint density at radius 3 is 2.75 bits per heavy atom. The number of carbonyl (C=O) groups excluding carboxylic acids is 1. The van der Waals surface area contributed by atoms with Gasteiger partial charge in [0.15, 0.2) is 0 Å². The number of anilines is 2. The van der Waals surface area contributed by atoms with Crippen molar-refractivity contribution < 1.29 is 9.18 Å². The number of nitrogens with two attached hydrogens (primary N) is 1. The van der Waals surface area contributed by atoms with Crippen LogP contribution in [-0.4, -0.2) is 51.9 Å². The molecule has 2 aromatic rings. The van der Waals surface area contributed by atoms with E-state index in [0.29, 0.717) is 19.6 Å². The minimum Gasteiger partial charge on any atom is -0.368 e. The number of hydrogen-bond donors (Lipinski definition) is 1. The third-order valence-electron chi connectivity index (χ3n) is 3.92. The van der Waals surface area contributed by atoms with Crippen LogP contribution in [-0.2, 0) is 0 Å². The van der Waals surface area contributed by atoms with Crippen molar-refractivity contribution in [2.45, 2.75) is 13.3 Å². The molecule has 8 heteroatoms. The molecule has 1 amide bonds. The second-order valence-corrected chi connectivity index (χ2v) is 5.75. The van der Waals surface area contributed by atoms with Gasteiger partial charge >= 0.3 is 0 Å². The van der Waals surface area contributed by atoms with Crippen LogP contribution in [0.5, 0.6) is 0 Å². The summed E-state index contributed by atoms with van der Waals surface area (Å²) in [5.41, 5.74) is 6.79. The summed E-state index contributed by atoms with van der Waals surface area (Å²) >= 11 is 0. The molecular weight excluding hydrogens is 311 g/mol. The SMILES string of the molecule is Cc1cc(N2CCCN(C(=O)c3cncc(F)c3)CC2)nc(N)n1. The number of nitrogen functional groups attached to an aromatic ring is 1. The minimum absolute atomic E-state index is 0.206. The number of aromatic nitrogens is 3. The highest BCUT2D eigenvalue weighted by atomic mass is 19.1. The topological polar surface area (TPSA) is 88.2 Å². The van der Waals surface area contributed by atoms with Crippen molar-refractivity contribution >= 4 is 17.7 Å². The summed E-state index contributed by atoms with van der Waals surface area (Å²) in [4.78, 5) is 28.4. The van der Waals surface area contributed by atoms with Crippen LogP contribution in [0.2, 0.25) is 0 Å². The van der Waals surface area contributed by atoms with Crippen LogP contribution < -0.4 is 10.6 Å². The van der Waals surface area contributed by atoms with E-state index in [1.54, 1.807) is 4.90 Å². The Bertz CT molecular complexity index is 733. The van der Waals surface area contributed by atoms with Gasteiger partial charge in [-0.25, -0.2) is 9.37 Å². The number of pyridine rings is 1. The smallest absolute Gasteiger partial charge is 0.255 e. The molecule has 1 aliphatic rings. The maximum atomic E-state index is 13.3. The highest BCUT2D eigenvalue weighted by Crippen LogP contribution is 2.17. The first-order valence-corrected chi connectivity index (χ1v) is 7.79. The molecule has 0 spiro atoms. The lowest BCUT2D eigenvalue weighted by molar-refractivity contribution is 0.0766. The molecule has 0 aliphatic carbocycles. The maximum Gasteiger partial charge on any atom is 0.255 e. The van der Waals surface area contributed by atoms with Gasteiger partial charge in [-0.05, 0) is 19.4 Å². The first-order valence-electron chi connectivity index (χ1n) is 7.79. The van der Waals surface area contributed by atoms with Crippen molar-refractivity contribution in [1.29, 1.82) is 0 Å². The molecule has 0 aromatic carbocycles. The largest absolute Gasteiger partial charge is 0.368 e. The Morgan fingerprint density at radius 2 is 2.00 bits per heavy atom. The third kappa shape index (κ3) is 3.58. The lowest BCUT2D eigenvalue weighted by Gasteiger charge is -2.23.